The molecule has 1 heterocycles. The lowest BCUT2D eigenvalue weighted by Crippen LogP contribution is -2.39. The van der Waals surface area contributed by atoms with E-state index in [1.165, 1.54) is 12.4 Å². The van der Waals surface area contributed by atoms with Gasteiger partial charge in [-0.25, -0.2) is 23.1 Å². The van der Waals surface area contributed by atoms with Crippen LogP contribution in [-0.2, 0) is 10.0 Å². The Morgan fingerprint density at radius 1 is 1.18 bits per heavy atom. The van der Waals surface area contributed by atoms with Gasteiger partial charge in [-0.2, -0.15) is 5.26 Å². The highest BCUT2D eigenvalue weighted by atomic mass is 32.2. The Balaban J connectivity index is 1.60. The summed E-state index contributed by atoms with van der Waals surface area (Å²) in [6.45, 7) is 2.20. The third kappa shape index (κ3) is 4.77. The molecule has 0 spiro atoms. The van der Waals surface area contributed by atoms with Crippen LogP contribution >= 0.6 is 0 Å². The maximum absolute atomic E-state index is 12.8. The molecule has 1 aliphatic rings. The Hall–Kier alpha value is -2.70. The molecular formula is C19H22N4O4S. The molecular weight excluding hydrogens is 380 g/mol. The van der Waals surface area contributed by atoms with Crippen molar-refractivity contribution in [2.24, 2.45) is 0 Å². The minimum Gasteiger partial charge on any atom is -0.492 e. The second-order valence-electron chi connectivity index (χ2n) is 6.41. The number of para-hydroxylation sites is 1. The van der Waals surface area contributed by atoms with Crippen molar-refractivity contribution < 1.29 is 17.9 Å². The first-order valence-electron chi connectivity index (χ1n) is 9.15. The summed E-state index contributed by atoms with van der Waals surface area (Å²) in [6, 6.07) is 8.38. The molecule has 0 bridgehead atoms. The molecule has 148 valence electrons. The molecule has 0 amide bonds. The summed E-state index contributed by atoms with van der Waals surface area (Å²) in [5.74, 6) is 0.570. The van der Waals surface area contributed by atoms with Gasteiger partial charge in [-0.3, -0.25) is 0 Å². The van der Waals surface area contributed by atoms with Gasteiger partial charge < -0.3 is 9.47 Å². The highest BCUT2D eigenvalue weighted by molar-refractivity contribution is 7.89. The number of hydrogen-bond donors (Lipinski definition) is 1. The summed E-state index contributed by atoms with van der Waals surface area (Å²) in [4.78, 5) is 8.13. The van der Waals surface area contributed by atoms with Crippen LogP contribution in [0.3, 0.4) is 0 Å². The Bertz CT molecular complexity index is 950. The van der Waals surface area contributed by atoms with Crippen LogP contribution in [0.25, 0.3) is 0 Å². The van der Waals surface area contributed by atoms with Crippen molar-refractivity contribution in [1.82, 2.24) is 14.7 Å². The summed E-state index contributed by atoms with van der Waals surface area (Å²) in [5, 5.41) is 9.07. The van der Waals surface area contributed by atoms with Gasteiger partial charge in [-0.05, 0) is 44.7 Å². The van der Waals surface area contributed by atoms with E-state index < -0.39 is 10.0 Å². The molecule has 1 saturated carbocycles. The number of rotatable bonds is 7. The van der Waals surface area contributed by atoms with Crippen molar-refractivity contribution in [1.29, 1.82) is 5.26 Å². The van der Waals surface area contributed by atoms with Crippen molar-refractivity contribution >= 4 is 10.0 Å². The van der Waals surface area contributed by atoms with Crippen LogP contribution in [0.4, 0.5) is 0 Å². The fourth-order valence-electron chi connectivity index (χ4n) is 3.17. The van der Waals surface area contributed by atoms with E-state index in [-0.39, 0.29) is 28.6 Å². The lowest BCUT2D eigenvalue weighted by Gasteiger charge is -2.29. The van der Waals surface area contributed by atoms with Crippen molar-refractivity contribution in [3.8, 4) is 17.7 Å². The average Bonchev–Trinajstić information content (AvgIpc) is 2.70. The number of nitrogens with one attached hydrogen (secondary N) is 1. The van der Waals surface area contributed by atoms with E-state index in [1.54, 1.807) is 24.3 Å². The number of sulfonamides is 1. The molecule has 1 aliphatic carbocycles. The van der Waals surface area contributed by atoms with Crippen molar-refractivity contribution in [3.63, 3.8) is 0 Å². The molecule has 0 atom stereocenters. The molecule has 2 aromatic rings. The monoisotopic (exact) mass is 402 g/mol. The highest BCUT2D eigenvalue weighted by Crippen LogP contribution is 2.27. The molecule has 1 fully saturated rings. The highest BCUT2D eigenvalue weighted by Gasteiger charge is 2.28. The van der Waals surface area contributed by atoms with Gasteiger partial charge in [-0.1, -0.05) is 12.1 Å². The number of ether oxygens (including phenoxy) is 2. The maximum atomic E-state index is 12.8. The molecule has 3 rings (SSSR count). The molecule has 28 heavy (non-hydrogen) atoms. The SMILES string of the molecule is CCOc1ccccc1S(=O)(=O)NC1CCC(Oc2nccnc2C#N)CC1. The van der Waals surface area contributed by atoms with Gasteiger partial charge in [0.2, 0.25) is 15.7 Å². The fourth-order valence-corrected chi connectivity index (χ4v) is 4.63. The summed E-state index contributed by atoms with van der Waals surface area (Å²) < 4.78 is 39.6. The van der Waals surface area contributed by atoms with Crippen LogP contribution < -0.4 is 14.2 Å². The molecule has 0 unspecified atom stereocenters. The van der Waals surface area contributed by atoms with Crippen molar-refractivity contribution in [2.45, 2.75) is 49.6 Å². The lowest BCUT2D eigenvalue weighted by atomic mass is 9.94. The van der Waals surface area contributed by atoms with Crippen molar-refractivity contribution in [2.75, 3.05) is 6.61 Å². The number of benzene rings is 1. The first-order chi connectivity index (χ1) is 13.5. The van der Waals surface area contributed by atoms with Gasteiger partial charge in [0.05, 0.1) is 6.61 Å². The maximum Gasteiger partial charge on any atom is 0.251 e. The molecule has 1 aromatic heterocycles. The van der Waals surface area contributed by atoms with E-state index in [1.807, 2.05) is 13.0 Å². The van der Waals surface area contributed by atoms with E-state index in [2.05, 4.69) is 14.7 Å². The minimum atomic E-state index is -3.68. The van der Waals surface area contributed by atoms with E-state index in [0.29, 0.717) is 38.0 Å². The molecule has 9 heteroatoms. The van der Waals surface area contributed by atoms with E-state index >= 15 is 0 Å². The topological polar surface area (TPSA) is 114 Å². The summed E-state index contributed by atoms with van der Waals surface area (Å²) >= 11 is 0. The number of nitrogens with zero attached hydrogens (tertiary/aromatic N) is 3. The fraction of sp³-hybridized carbons (Fsp3) is 0.421. The standard InChI is InChI=1S/C19H22N4O4S/c1-2-26-17-5-3-4-6-18(17)28(24,25)23-14-7-9-15(10-8-14)27-19-16(13-20)21-11-12-22-19/h3-6,11-12,14-15,23H,2,7-10H2,1H3. The molecule has 0 aliphatic heterocycles. The Labute approximate surface area is 164 Å². The summed E-state index contributed by atoms with van der Waals surface area (Å²) in [7, 11) is -3.68. The van der Waals surface area contributed by atoms with E-state index in [9.17, 15) is 8.42 Å². The summed E-state index contributed by atoms with van der Waals surface area (Å²) in [6.07, 6.45) is 5.36. The Kier molecular flexibility index (Phi) is 6.44. The van der Waals surface area contributed by atoms with Crippen LogP contribution in [0.1, 0.15) is 38.3 Å². The zero-order chi connectivity index (χ0) is 20.0. The molecule has 1 N–H and O–H groups in total. The largest absolute Gasteiger partial charge is 0.492 e. The molecule has 8 nitrogen and oxygen atoms in total. The van der Waals surface area contributed by atoms with E-state index in [4.69, 9.17) is 14.7 Å². The zero-order valence-corrected chi connectivity index (χ0v) is 16.4. The predicted molar refractivity (Wildman–Crippen MR) is 101 cm³/mol. The van der Waals surface area contributed by atoms with Crippen molar-refractivity contribution in [3.05, 3.63) is 42.4 Å². The van der Waals surface area contributed by atoms with Gasteiger partial charge in [0, 0.05) is 18.4 Å². The number of hydrogen-bond acceptors (Lipinski definition) is 7. The van der Waals surface area contributed by atoms with Gasteiger partial charge in [-0.15, -0.1) is 0 Å². The normalized spacial score (nSPS) is 19.6. The van der Waals surface area contributed by atoms with Gasteiger partial charge in [0.1, 0.15) is 22.8 Å². The van der Waals surface area contributed by atoms with Crippen LogP contribution in [-0.4, -0.2) is 37.1 Å². The first-order valence-corrected chi connectivity index (χ1v) is 10.6. The Morgan fingerprint density at radius 2 is 1.89 bits per heavy atom. The molecule has 0 radical (unpaired) electrons. The smallest absolute Gasteiger partial charge is 0.251 e. The second-order valence-corrected chi connectivity index (χ2v) is 8.10. The average molecular weight is 402 g/mol. The van der Waals surface area contributed by atoms with Crippen LogP contribution in [0.5, 0.6) is 11.6 Å². The third-order valence-electron chi connectivity index (χ3n) is 4.48. The van der Waals surface area contributed by atoms with Crippen LogP contribution in [0.15, 0.2) is 41.6 Å². The third-order valence-corrected chi connectivity index (χ3v) is 6.04. The number of aromatic nitrogens is 2. The number of nitriles is 1. The molecule has 1 aromatic carbocycles. The van der Waals surface area contributed by atoms with E-state index in [0.717, 1.165) is 0 Å². The quantitative estimate of drug-likeness (QED) is 0.756. The second kappa shape index (κ2) is 8.99. The molecule has 0 saturated heterocycles. The minimum absolute atomic E-state index is 0.125. The summed E-state index contributed by atoms with van der Waals surface area (Å²) in [5.41, 5.74) is 0.151. The van der Waals surface area contributed by atoms with Crippen LogP contribution in [0, 0.1) is 11.3 Å². The van der Waals surface area contributed by atoms with Gasteiger partial charge in [0.15, 0.2) is 0 Å². The predicted octanol–water partition coefficient (Wildman–Crippen LogP) is 2.42. The first kappa shape index (κ1) is 20.0. The zero-order valence-electron chi connectivity index (χ0n) is 15.5. The lowest BCUT2D eigenvalue weighted by molar-refractivity contribution is 0.137. The van der Waals surface area contributed by atoms with Gasteiger partial charge in [0.25, 0.3) is 5.88 Å². The van der Waals surface area contributed by atoms with Gasteiger partial charge >= 0.3 is 0 Å². The van der Waals surface area contributed by atoms with Crippen LogP contribution in [0.2, 0.25) is 0 Å². The Morgan fingerprint density at radius 3 is 2.61 bits per heavy atom.